The normalized spacial score (nSPS) is 29.4. The molecule has 24 heavy (non-hydrogen) atoms. The lowest BCUT2D eigenvalue weighted by Crippen LogP contribution is -2.47. The van der Waals surface area contributed by atoms with Crippen LogP contribution in [0, 0.1) is 11.8 Å². The Kier molecular flexibility index (Phi) is 4.26. The Hall–Kier alpha value is -1.72. The molecule has 5 nitrogen and oxygen atoms in total. The van der Waals surface area contributed by atoms with Crippen LogP contribution in [0.25, 0.3) is 0 Å². The van der Waals surface area contributed by atoms with Crippen molar-refractivity contribution in [2.24, 2.45) is 11.8 Å². The molecule has 2 heterocycles. The number of rotatable bonds is 2. The smallest absolute Gasteiger partial charge is 0.408 e. The molecule has 3 rings (SSSR count). The summed E-state index contributed by atoms with van der Waals surface area (Å²) in [7, 11) is 5.71. The molecule has 0 spiro atoms. The zero-order valence-corrected chi connectivity index (χ0v) is 15.0. The predicted octanol–water partition coefficient (Wildman–Crippen LogP) is 2.00. The number of aromatic nitrogens is 1. The number of pyridine rings is 1. The lowest BCUT2D eigenvalue weighted by atomic mass is 9.98. The van der Waals surface area contributed by atoms with Gasteiger partial charge >= 0.3 is 6.09 Å². The van der Waals surface area contributed by atoms with E-state index in [4.69, 9.17) is 12.6 Å². The second-order valence-electron chi connectivity index (χ2n) is 8.47. The standard InChI is InChI=1S/C18H26BN3O2/c1-17(2,3)24-16(23)21-18(4)7-12-10-22(11-13(12)8-18)15-6-5-14(19)9-20-15/h5-6,9,12-13H,7-8,10-11H2,1-4H3,(H,21,23)/t12-,13+,18?. The fourth-order valence-corrected chi connectivity index (χ4v) is 4.07. The molecule has 1 saturated heterocycles. The average Bonchev–Trinajstić information content (AvgIpc) is 2.91. The van der Waals surface area contributed by atoms with Crippen LogP contribution in [0.2, 0.25) is 0 Å². The number of amides is 1. The Morgan fingerprint density at radius 1 is 1.33 bits per heavy atom. The minimum atomic E-state index is -0.466. The van der Waals surface area contributed by atoms with Crippen LogP contribution < -0.4 is 15.7 Å². The summed E-state index contributed by atoms with van der Waals surface area (Å²) in [4.78, 5) is 18.8. The summed E-state index contributed by atoms with van der Waals surface area (Å²) >= 11 is 0. The third kappa shape index (κ3) is 3.85. The lowest BCUT2D eigenvalue weighted by Gasteiger charge is -2.30. The van der Waals surface area contributed by atoms with Gasteiger partial charge in [-0.25, -0.2) is 9.78 Å². The molecule has 2 radical (unpaired) electrons. The van der Waals surface area contributed by atoms with Gasteiger partial charge in [-0.3, -0.25) is 0 Å². The number of alkyl carbamates (subject to hydrolysis) is 1. The monoisotopic (exact) mass is 327 g/mol. The van der Waals surface area contributed by atoms with Crippen LogP contribution in [-0.2, 0) is 4.74 Å². The van der Waals surface area contributed by atoms with Crippen LogP contribution in [0.1, 0.15) is 40.5 Å². The van der Waals surface area contributed by atoms with Gasteiger partial charge in [-0.15, -0.1) is 0 Å². The zero-order valence-electron chi connectivity index (χ0n) is 15.0. The first-order valence-corrected chi connectivity index (χ1v) is 8.61. The van der Waals surface area contributed by atoms with Crippen molar-refractivity contribution in [3.05, 3.63) is 18.3 Å². The SMILES string of the molecule is [B]c1ccc(N2C[C@@H]3CC(C)(NC(=O)OC(C)(C)C)C[C@@H]3C2)nc1. The van der Waals surface area contributed by atoms with E-state index in [1.54, 1.807) is 6.20 Å². The molecular formula is C18H26BN3O2. The highest BCUT2D eigenvalue weighted by molar-refractivity contribution is 6.32. The van der Waals surface area contributed by atoms with E-state index in [2.05, 4.69) is 22.1 Å². The Labute approximate surface area is 145 Å². The highest BCUT2D eigenvalue weighted by Crippen LogP contribution is 2.44. The average molecular weight is 327 g/mol. The van der Waals surface area contributed by atoms with Gasteiger partial charge in [0.15, 0.2) is 0 Å². The van der Waals surface area contributed by atoms with E-state index in [1.807, 2.05) is 32.9 Å². The maximum atomic E-state index is 12.1. The summed E-state index contributed by atoms with van der Waals surface area (Å²) in [5.41, 5.74) is 0.0393. The van der Waals surface area contributed by atoms with E-state index in [9.17, 15) is 4.79 Å². The Morgan fingerprint density at radius 2 is 1.96 bits per heavy atom. The molecule has 1 unspecified atom stereocenters. The molecule has 6 heteroatoms. The predicted molar refractivity (Wildman–Crippen MR) is 95.8 cm³/mol. The molecule has 128 valence electrons. The Bertz CT molecular complexity index is 598. The highest BCUT2D eigenvalue weighted by Gasteiger charge is 2.48. The van der Waals surface area contributed by atoms with E-state index in [0.29, 0.717) is 17.3 Å². The van der Waals surface area contributed by atoms with Crippen molar-refractivity contribution in [2.45, 2.75) is 51.7 Å². The molecule has 1 aliphatic heterocycles. The van der Waals surface area contributed by atoms with Crippen molar-refractivity contribution < 1.29 is 9.53 Å². The van der Waals surface area contributed by atoms with E-state index >= 15 is 0 Å². The van der Waals surface area contributed by atoms with Gasteiger partial charge in [-0.05, 0) is 58.4 Å². The molecule has 0 aromatic carbocycles. The van der Waals surface area contributed by atoms with Crippen LogP contribution in [0.3, 0.4) is 0 Å². The van der Waals surface area contributed by atoms with Crippen LogP contribution in [0.15, 0.2) is 18.3 Å². The number of anilines is 1. The highest BCUT2D eigenvalue weighted by atomic mass is 16.6. The number of nitrogens with one attached hydrogen (secondary N) is 1. The van der Waals surface area contributed by atoms with Crippen molar-refractivity contribution >= 4 is 25.2 Å². The number of ether oxygens (including phenoxy) is 1. The summed E-state index contributed by atoms with van der Waals surface area (Å²) < 4.78 is 5.41. The second-order valence-corrected chi connectivity index (χ2v) is 8.47. The molecule has 1 saturated carbocycles. The fraction of sp³-hybridized carbons (Fsp3) is 0.667. The number of fused-ring (bicyclic) bond motifs is 1. The summed E-state index contributed by atoms with van der Waals surface area (Å²) in [6.45, 7) is 9.74. The fourth-order valence-electron chi connectivity index (χ4n) is 4.07. The first-order valence-electron chi connectivity index (χ1n) is 8.61. The number of hydrogen-bond donors (Lipinski definition) is 1. The summed E-state index contributed by atoms with van der Waals surface area (Å²) in [5, 5.41) is 3.09. The largest absolute Gasteiger partial charge is 0.444 e. The van der Waals surface area contributed by atoms with Gasteiger partial charge in [-0.2, -0.15) is 0 Å². The van der Waals surface area contributed by atoms with Crippen LogP contribution in [0.5, 0.6) is 0 Å². The molecule has 1 aromatic heterocycles. The van der Waals surface area contributed by atoms with Crippen LogP contribution in [-0.4, -0.2) is 43.2 Å². The van der Waals surface area contributed by atoms with Gasteiger partial charge in [0, 0.05) is 24.8 Å². The van der Waals surface area contributed by atoms with E-state index in [1.165, 1.54) is 0 Å². The van der Waals surface area contributed by atoms with E-state index < -0.39 is 5.60 Å². The summed E-state index contributed by atoms with van der Waals surface area (Å²) in [6, 6.07) is 3.87. The second kappa shape index (κ2) is 5.98. The van der Waals surface area contributed by atoms with Gasteiger partial charge in [0.1, 0.15) is 19.3 Å². The first kappa shape index (κ1) is 17.1. The van der Waals surface area contributed by atoms with Crippen molar-refractivity contribution in [1.82, 2.24) is 10.3 Å². The number of hydrogen-bond acceptors (Lipinski definition) is 4. The minimum Gasteiger partial charge on any atom is -0.444 e. The molecule has 1 aliphatic carbocycles. The molecular weight excluding hydrogens is 301 g/mol. The number of carbonyl (C=O) groups excluding carboxylic acids is 1. The van der Waals surface area contributed by atoms with Crippen molar-refractivity contribution in [3.63, 3.8) is 0 Å². The molecule has 3 atom stereocenters. The third-order valence-electron chi connectivity index (χ3n) is 4.90. The van der Waals surface area contributed by atoms with E-state index in [0.717, 1.165) is 31.7 Å². The van der Waals surface area contributed by atoms with Gasteiger partial charge in [-0.1, -0.05) is 11.5 Å². The maximum absolute atomic E-state index is 12.1. The molecule has 0 bridgehead atoms. The quantitative estimate of drug-likeness (QED) is 0.844. The van der Waals surface area contributed by atoms with Gasteiger partial charge in [0.2, 0.25) is 0 Å². The van der Waals surface area contributed by atoms with Gasteiger partial charge in [0.05, 0.1) is 0 Å². The molecule has 2 fully saturated rings. The van der Waals surface area contributed by atoms with Crippen molar-refractivity contribution in [3.8, 4) is 0 Å². The maximum Gasteiger partial charge on any atom is 0.408 e. The molecule has 2 aliphatic rings. The number of carbonyl (C=O) groups is 1. The van der Waals surface area contributed by atoms with Crippen molar-refractivity contribution in [2.75, 3.05) is 18.0 Å². The van der Waals surface area contributed by atoms with E-state index in [-0.39, 0.29) is 11.6 Å². The number of nitrogens with zero attached hydrogens (tertiary/aromatic N) is 2. The van der Waals surface area contributed by atoms with Gasteiger partial charge < -0.3 is 15.0 Å². The molecule has 1 amide bonds. The zero-order chi connectivity index (χ0) is 17.5. The third-order valence-corrected chi connectivity index (χ3v) is 4.90. The summed E-state index contributed by atoms with van der Waals surface area (Å²) in [5.74, 6) is 2.13. The molecule has 1 aromatic rings. The van der Waals surface area contributed by atoms with Crippen LogP contribution >= 0.6 is 0 Å². The Balaban J connectivity index is 1.58. The topological polar surface area (TPSA) is 54.5 Å². The first-order chi connectivity index (χ1) is 11.1. The molecule has 1 N–H and O–H groups in total. The van der Waals surface area contributed by atoms with Gasteiger partial charge in [0.25, 0.3) is 0 Å². The minimum absolute atomic E-state index is 0.182. The van der Waals surface area contributed by atoms with Crippen molar-refractivity contribution in [1.29, 1.82) is 0 Å². The summed E-state index contributed by atoms with van der Waals surface area (Å²) in [6.07, 6.45) is 3.34. The Morgan fingerprint density at radius 3 is 2.46 bits per heavy atom. The van der Waals surface area contributed by atoms with Crippen LogP contribution in [0.4, 0.5) is 10.6 Å². The lowest BCUT2D eigenvalue weighted by molar-refractivity contribution is 0.0462.